The summed E-state index contributed by atoms with van der Waals surface area (Å²) in [6.07, 6.45) is 1.85. The first-order valence-corrected chi connectivity index (χ1v) is 12.8. The van der Waals surface area contributed by atoms with Crippen molar-refractivity contribution in [3.8, 4) is 9.89 Å². The fourth-order valence-electron chi connectivity index (χ4n) is 3.10. The summed E-state index contributed by atoms with van der Waals surface area (Å²) in [6, 6.07) is 10.2. The molecule has 0 radical (unpaired) electrons. The Kier molecular flexibility index (Phi) is 10.3. The molecule has 0 spiro atoms. The number of ether oxygens (including phenoxy) is 1. The van der Waals surface area contributed by atoms with Crippen molar-refractivity contribution in [2.24, 2.45) is 0 Å². The van der Waals surface area contributed by atoms with Gasteiger partial charge in [-0.1, -0.05) is 27.7 Å². The van der Waals surface area contributed by atoms with Crippen LogP contribution in [0.1, 0.15) is 45.9 Å². The topological polar surface area (TPSA) is 106 Å². The third-order valence-electron chi connectivity index (χ3n) is 4.43. The molecule has 0 amide bonds. The van der Waals surface area contributed by atoms with Crippen LogP contribution in [0.3, 0.4) is 0 Å². The van der Waals surface area contributed by atoms with Gasteiger partial charge in [-0.2, -0.15) is 0 Å². The molecule has 4 N–H and O–H groups in total. The zero-order chi connectivity index (χ0) is 22.8. The molecule has 3 unspecified atom stereocenters. The van der Waals surface area contributed by atoms with Crippen LogP contribution in [0.2, 0.25) is 0 Å². The van der Waals surface area contributed by atoms with Crippen molar-refractivity contribution in [1.29, 1.82) is 0 Å². The normalized spacial score (nSPS) is 19.5. The Morgan fingerprint density at radius 1 is 1.19 bits per heavy atom. The maximum absolute atomic E-state index is 10.0. The molecule has 3 heterocycles. The Morgan fingerprint density at radius 2 is 1.90 bits per heavy atom. The van der Waals surface area contributed by atoms with Gasteiger partial charge in [0.15, 0.2) is 0 Å². The van der Waals surface area contributed by atoms with Crippen molar-refractivity contribution in [3.63, 3.8) is 0 Å². The molecule has 1 saturated heterocycles. The summed E-state index contributed by atoms with van der Waals surface area (Å²) in [7, 11) is 0. The van der Waals surface area contributed by atoms with Gasteiger partial charge in [0.2, 0.25) is 0 Å². The van der Waals surface area contributed by atoms with Gasteiger partial charge in [-0.3, -0.25) is 0 Å². The maximum atomic E-state index is 10.0. The molecule has 1 aliphatic rings. The number of nitrogen functional groups attached to an aromatic ring is 1. The van der Waals surface area contributed by atoms with Crippen molar-refractivity contribution in [2.75, 3.05) is 12.3 Å². The molecule has 1 aromatic carbocycles. The standard InChI is InChI=1S/C19H18N4O3Te.2C2H6/c20-18-17-12(6-7-27-13-4-2-1-3-5-13)9-23(19(17)22-11-21-18)16-8-14(25)15(10-24)26-16;2*1-2/h1-5,9,11,14-16,24-25H,8,10H2,(H2,20,21,22);2*1-2H3. The predicted octanol–water partition coefficient (Wildman–Crippen LogP) is 2.05. The van der Waals surface area contributed by atoms with Crippen LogP contribution in [0.25, 0.3) is 11.0 Å². The molecule has 4 rings (SSSR count). The molecular formula is C23H30N4O3Te. The van der Waals surface area contributed by atoms with E-state index in [0.717, 1.165) is 5.56 Å². The first-order chi connectivity index (χ1) is 15.2. The fraction of sp³-hybridized carbons (Fsp3) is 0.391. The van der Waals surface area contributed by atoms with Gasteiger partial charge in [0.1, 0.15) is 0 Å². The molecule has 8 heteroatoms. The van der Waals surface area contributed by atoms with Gasteiger partial charge >= 0.3 is 166 Å². The van der Waals surface area contributed by atoms with Crippen molar-refractivity contribution in [1.82, 2.24) is 14.5 Å². The molecular weight excluding hydrogens is 508 g/mol. The van der Waals surface area contributed by atoms with E-state index >= 15 is 0 Å². The minimum atomic E-state index is -0.726. The van der Waals surface area contributed by atoms with Crippen molar-refractivity contribution in [2.45, 2.75) is 52.6 Å². The average molecular weight is 538 g/mol. The van der Waals surface area contributed by atoms with Crippen LogP contribution in [-0.4, -0.2) is 64.5 Å². The molecule has 0 saturated carbocycles. The number of fused-ring (bicyclic) bond motifs is 1. The van der Waals surface area contributed by atoms with Crippen LogP contribution in [-0.2, 0) is 4.74 Å². The van der Waals surface area contributed by atoms with E-state index in [1.807, 2.05) is 56.7 Å². The number of nitrogens with zero attached hydrogens (tertiary/aromatic N) is 3. The minimum absolute atomic E-state index is 0.233. The second kappa shape index (κ2) is 12.7. The van der Waals surface area contributed by atoms with Gasteiger partial charge in [-0.05, 0) is 0 Å². The number of aromatic nitrogens is 3. The Balaban J connectivity index is 0.000000807. The van der Waals surface area contributed by atoms with Crippen LogP contribution in [0, 0.1) is 9.89 Å². The molecule has 0 aliphatic carbocycles. The molecule has 0 bridgehead atoms. The van der Waals surface area contributed by atoms with Crippen LogP contribution in [0.4, 0.5) is 5.82 Å². The second-order valence-electron chi connectivity index (χ2n) is 6.16. The van der Waals surface area contributed by atoms with Crippen LogP contribution < -0.4 is 9.35 Å². The molecule has 166 valence electrons. The zero-order valence-corrected chi connectivity index (χ0v) is 20.6. The van der Waals surface area contributed by atoms with Gasteiger partial charge in [0.05, 0.1) is 0 Å². The van der Waals surface area contributed by atoms with Crippen LogP contribution in [0.15, 0.2) is 42.9 Å². The van der Waals surface area contributed by atoms with E-state index in [-0.39, 0.29) is 6.61 Å². The van der Waals surface area contributed by atoms with Gasteiger partial charge in [0, 0.05) is 0 Å². The summed E-state index contributed by atoms with van der Waals surface area (Å²) < 4.78 is 12.1. The molecule has 3 atom stereocenters. The van der Waals surface area contributed by atoms with Gasteiger partial charge in [-0.25, -0.2) is 0 Å². The van der Waals surface area contributed by atoms with Crippen molar-refractivity contribution in [3.05, 3.63) is 48.4 Å². The van der Waals surface area contributed by atoms with E-state index in [9.17, 15) is 10.2 Å². The summed E-state index contributed by atoms with van der Waals surface area (Å²) >= 11 is -0.634. The first-order valence-electron chi connectivity index (χ1n) is 10.5. The average Bonchev–Trinajstić information content (AvgIpc) is 3.38. The van der Waals surface area contributed by atoms with Crippen molar-refractivity contribution < 1.29 is 14.9 Å². The molecule has 1 fully saturated rings. The molecule has 31 heavy (non-hydrogen) atoms. The number of anilines is 1. The summed E-state index contributed by atoms with van der Waals surface area (Å²) in [4.78, 5) is 8.43. The number of hydrogen-bond donors (Lipinski definition) is 3. The quantitative estimate of drug-likeness (QED) is 0.349. The second-order valence-corrected chi connectivity index (χ2v) is 8.68. The third-order valence-corrected chi connectivity index (χ3v) is 6.46. The summed E-state index contributed by atoms with van der Waals surface area (Å²) in [6.45, 7) is 7.77. The van der Waals surface area contributed by atoms with Crippen LogP contribution >= 0.6 is 0 Å². The number of rotatable bonds is 3. The Hall–Kier alpha value is -2.13. The first kappa shape index (κ1) is 25.1. The van der Waals surface area contributed by atoms with E-state index in [2.05, 4.69) is 32.0 Å². The van der Waals surface area contributed by atoms with Gasteiger partial charge in [0.25, 0.3) is 0 Å². The van der Waals surface area contributed by atoms with E-state index in [0.29, 0.717) is 23.3 Å². The molecule has 1 aliphatic heterocycles. The van der Waals surface area contributed by atoms with E-state index in [1.54, 1.807) is 0 Å². The van der Waals surface area contributed by atoms with E-state index < -0.39 is 39.4 Å². The SMILES string of the molecule is CC.CC.Nc1ncnc2c1c(C#C[Te]c1ccccc1)cn2C1CC(O)C(CO)O1. The van der Waals surface area contributed by atoms with E-state index in [4.69, 9.17) is 10.5 Å². The molecule has 2 aromatic heterocycles. The van der Waals surface area contributed by atoms with E-state index in [1.165, 1.54) is 9.94 Å². The zero-order valence-electron chi connectivity index (χ0n) is 18.3. The number of benzene rings is 1. The summed E-state index contributed by atoms with van der Waals surface area (Å²) in [5.74, 6) is 3.58. The fourth-order valence-corrected chi connectivity index (χ4v) is 4.73. The Labute approximate surface area is 193 Å². The van der Waals surface area contributed by atoms with Gasteiger partial charge in [-0.15, -0.1) is 0 Å². The number of aliphatic hydroxyl groups excluding tert-OH is 2. The van der Waals surface area contributed by atoms with Crippen molar-refractivity contribution >= 4 is 41.4 Å². The Morgan fingerprint density at radius 3 is 2.55 bits per heavy atom. The van der Waals surface area contributed by atoms with Crippen LogP contribution in [0.5, 0.6) is 0 Å². The summed E-state index contributed by atoms with van der Waals surface area (Å²) in [5, 5.41) is 20.1. The molecule has 3 aromatic rings. The van der Waals surface area contributed by atoms with Gasteiger partial charge < -0.3 is 0 Å². The number of hydrogen-bond acceptors (Lipinski definition) is 6. The predicted molar refractivity (Wildman–Crippen MR) is 125 cm³/mol. The monoisotopic (exact) mass is 540 g/mol. The third kappa shape index (κ3) is 5.98. The number of aliphatic hydroxyl groups is 2. The summed E-state index contributed by atoms with van der Waals surface area (Å²) in [5.41, 5.74) is 7.44. The number of nitrogens with two attached hydrogens (primary N) is 1. The molecule has 7 nitrogen and oxygen atoms in total. The Bertz CT molecular complexity index is 1010.